The number of benzene rings is 2. The first-order valence-electron chi connectivity index (χ1n) is 6.37. The van der Waals surface area contributed by atoms with Crippen LogP contribution >= 0.6 is 23.2 Å². The summed E-state index contributed by atoms with van der Waals surface area (Å²) in [7, 11) is 0. The lowest BCUT2D eigenvalue weighted by Gasteiger charge is -2.22. The molecule has 1 unspecified atom stereocenters. The first-order valence-corrected chi connectivity index (χ1v) is 7.13. The van der Waals surface area contributed by atoms with Crippen LogP contribution < -0.4 is 0 Å². The maximum atomic E-state index is 12.6. The zero-order chi connectivity index (χ0) is 14.3. The van der Waals surface area contributed by atoms with E-state index in [0.29, 0.717) is 15.6 Å². The Morgan fingerprint density at radius 1 is 1.00 bits per heavy atom. The number of carbonyl (C=O) groups excluding carboxylic acids is 1. The van der Waals surface area contributed by atoms with Gasteiger partial charge in [-0.2, -0.15) is 0 Å². The number of fused-ring (bicyclic) bond motifs is 1. The number of carbonyl (C=O) groups is 1. The number of hydrogen-bond acceptors (Lipinski definition) is 1. The number of ketones is 1. The van der Waals surface area contributed by atoms with Crippen LogP contribution in [0.3, 0.4) is 0 Å². The average Bonchev–Trinajstić information content (AvgIpc) is 2.42. The van der Waals surface area contributed by atoms with E-state index in [1.165, 1.54) is 0 Å². The largest absolute Gasteiger partial charge is 0.293 e. The van der Waals surface area contributed by atoms with Crippen LogP contribution in [0.4, 0.5) is 0 Å². The summed E-state index contributed by atoms with van der Waals surface area (Å²) < 4.78 is 0. The SMILES string of the molecule is CC1C(=O)C(c2cc(Cl)cc(Cl)c2)=Cc2ccccc21. The molecule has 2 aromatic carbocycles. The molecule has 0 amide bonds. The fraction of sp³-hybridized carbons (Fsp3) is 0.118. The van der Waals surface area contributed by atoms with Gasteiger partial charge in [-0.05, 0) is 41.0 Å². The summed E-state index contributed by atoms with van der Waals surface area (Å²) in [5.41, 5.74) is 3.58. The first kappa shape index (κ1) is 13.4. The summed E-state index contributed by atoms with van der Waals surface area (Å²) in [5.74, 6) is -0.0500. The number of Topliss-reactive ketones (excluding diaryl/α,β-unsaturated/α-hetero) is 1. The monoisotopic (exact) mass is 302 g/mol. The molecule has 0 aliphatic heterocycles. The Hall–Kier alpha value is -1.57. The van der Waals surface area contributed by atoms with E-state index in [0.717, 1.165) is 16.7 Å². The summed E-state index contributed by atoms with van der Waals surface area (Å²) in [6.07, 6.45) is 1.92. The van der Waals surface area contributed by atoms with Crippen molar-refractivity contribution in [1.82, 2.24) is 0 Å². The zero-order valence-corrected chi connectivity index (χ0v) is 12.4. The van der Waals surface area contributed by atoms with Gasteiger partial charge in [-0.3, -0.25) is 4.79 Å². The highest BCUT2D eigenvalue weighted by atomic mass is 35.5. The van der Waals surface area contributed by atoms with Gasteiger partial charge in [0, 0.05) is 21.5 Å². The molecule has 1 nitrogen and oxygen atoms in total. The van der Waals surface area contributed by atoms with Crippen LogP contribution in [0.5, 0.6) is 0 Å². The van der Waals surface area contributed by atoms with Crippen LogP contribution in [-0.4, -0.2) is 5.78 Å². The molecule has 0 heterocycles. The van der Waals surface area contributed by atoms with Crippen molar-refractivity contribution in [3.8, 4) is 0 Å². The molecule has 0 saturated carbocycles. The lowest BCUT2D eigenvalue weighted by molar-refractivity contribution is -0.114. The van der Waals surface area contributed by atoms with Gasteiger partial charge in [-0.25, -0.2) is 0 Å². The topological polar surface area (TPSA) is 17.1 Å². The van der Waals surface area contributed by atoms with Crippen LogP contribution in [0.1, 0.15) is 29.5 Å². The quantitative estimate of drug-likeness (QED) is 0.706. The Balaban J connectivity index is 2.19. The molecule has 100 valence electrons. The predicted octanol–water partition coefficient (Wildman–Crippen LogP) is 5.22. The highest BCUT2D eigenvalue weighted by Crippen LogP contribution is 2.36. The Morgan fingerprint density at radius 3 is 2.35 bits per heavy atom. The van der Waals surface area contributed by atoms with E-state index < -0.39 is 0 Å². The number of halogens is 2. The molecule has 0 aromatic heterocycles. The molecule has 20 heavy (non-hydrogen) atoms. The fourth-order valence-corrected chi connectivity index (χ4v) is 3.10. The number of rotatable bonds is 1. The molecule has 0 spiro atoms. The second-order valence-electron chi connectivity index (χ2n) is 4.93. The lowest BCUT2D eigenvalue weighted by Crippen LogP contribution is -2.16. The van der Waals surface area contributed by atoms with Crippen molar-refractivity contribution >= 4 is 40.6 Å². The van der Waals surface area contributed by atoms with E-state index in [2.05, 4.69) is 0 Å². The molecule has 0 bridgehead atoms. The lowest BCUT2D eigenvalue weighted by atomic mass is 9.81. The van der Waals surface area contributed by atoms with E-state index in [4.69, 9.17) is 23.2 Å². The van der Waals surface area contributed by atoms with Crippen LogP contribution in [0, 0.1) is 0 Å². The highest BCUT2D eigenvalue weighted by Gasteiger charge is 2.26. The van der Waals surface area contributed by atoms with Crippen LogP contribution in [0.2, 0.25) is 10.0 Å². The Morgan fingerprint density at radius 2 is 1.65 bits per heavy atom. The van der Waals surface area contributed by atoms with Gasteiger partial charge in [-0.1, -0.05) is 54.4 Å². The molecule has 1 atom stereocenters. The third-order valence-corrected chi connectivity index (χ3v) is 4.03. The zero-order valence-electron chi connectivity index (χ0n) is 10.9. The normalized spacial score (nSPS) is 17.6. The van der Waals surface area contributed by atoms with E-state index in [1.54, 1.807) is 18.2 Å². The van der Waals surface area contributed by atoms with Crippen molar-refractivity contribution in [2.24, 2.45) is 0 Å². The average molecular weight is 303 g/mol. The summed E-state index contributed by atoms with van der Waals surface area (Å²) in [6.45, 7) is 1.93. The van der Waals surface area contributed by atoms with Crippen molar-refractivity contribution in [2.45, 2.75) is 12.8 Å². The summed E-state index contributed by atoms with van der Waals surface area (Å²) >= 11 is 12.1. The van der Waals surface area contributed by atoms with Gasteiger partial charge >= 0.3 is 0 Å². The molecule has 3 rings (SSSR count). The summed E-state index contributed by atoms with van der Waals surface area (Å²) in [5, 5.41) is 1.07. The molecule has 0 radical (unpaired) electrons. The Bertz CT molecular complexity index is 711. The van der Waals surface area contributed by atoms with Gasteiger partial charge < -0.3 is 0 Å². The molecular formula is C17H12Cl2O. The second-order valence-corrected chi connectivity index (χ2v) is 5.80. The standard InChI is InChI=1S/C17H12Cl2O/c1-10-15-5-3-2-4-11(15)8-16(17(10)20)12-6-13(18)9-14(19)7-12/h2-10H,1H3. The molecule has 0 N–H and O–H groups in total. The molecular weight excluding hydrogens is 291 g/mol. The minimum atomic E-state index is -0.149. The van der Waals surface area contributed by atoms with Gasteiger partial charge in [0.25, 0.3) is 0 Å². The first-order chi connectivity index (χ1) is 9.56. The van der Waals surface area contributed by atoms with E-state index >= 15 is 0 Å². The predicted molar refractivity (Wildman–Crippen MR) is 84.2 cm³/mol. The van der Waals surface area contributed by atoms with Gasteiger partial charge in [0.15, 0.2) is 5.78 Å². The molecule has 0 fully saturated rings. The fourth-order valence-electron chi connectivity index (χ4n) is 2.57. The van der Waals surface area contributed by atoms with Crippen LogP contribution in [0.25, 0.3) is 11.6 Å². The van der Waals surface area contributed by atoms with Crippen molar-refractivity contribution in [2.75, 3.05) is 0 Å². The van der Waals surface area contributed by atoms with Gasteiger partial charge in [0.05, 0.1) is 0 Å². The highest BCUT2D eigenvalue weighted by molar-refractivity contribution is 6.36. The summed E-state index contributed by atoms with van der Waals surface area (Å²) in [4.78, 5) is 12.6. The van der Waals surface area contributed by atoms with E-state index in [-0.39, 0.29) is 11.7 Å². The van der Waals surface area contributed by atoms with Crippen LogP contribution in [-0.2, 0) is 4.79 Å². The van der Waals surface area contributed by atoms with Gasteiger partial charge in [0.1, 0.15) is 0 Å². The molecule has 1 aliphatic rings. The number of allylic oxidation sites excluding steroid dienone is 1. The number of hydrogen-bond donors (Lipinski definition) is 0. The Labute approximate surface area is 127 Å². The smallest absolute Gasteiger partial charge is 0.170 e. The minimum Gasteiger partial charge on any atom is -0.293 e. The van der Waals surface area contributed by atoms with Crippen molar-refractivity contribution < 1.29 is 4.79 Å². The van der Waals surface area contributed by atoms with Gasteiger partial charge in [0.2, 0.25) is 0 Å². The molecule has 0 saturated heterocycles. The maximum Gasteiger partial charge on any atom is 0.170 e. The maximum absolute atomic E-state index is 12.6. The second kappa shape index (κ2) is 5.08. The molecule has 3 heteroatoms. The third kappa shape index (κ3) is 2.28. The molecule has 1 aliphatic carbocycles. The van der Waals surface area contributed by atoms with Gasteiger partial charge in [-0.15, -0.1) is 0 Å². The van der Waals surface area contributed by atoms with Crippen molar-refractivity contribution in [3.63, 3.8) is 0 Å². The molecule has 2 aromatic rings. The van der Waals surface area contributed by atoms with Crippen molar-refractivity contribution in [1.29, 1.82) is 0 Å². The third-order valence-electron chi connectivity index (χ3n) is 3.59. The Kier molecular flexibility index (Phi) is 3.41. The van der Waals surface area contributed by atoms with Crippen LogP contribution in [0.15, 0.2) is 42.5 Å². The van der Waals surface area contributed by atoms with E-state index in [9.17, 15) is 4.79 Å². The minimum absolute atomic E-state index is 0.0991. The van der Waals surface area contributed by atoms with E-state index in [1.807, 2.05) is 37.3 Å². The summed E-state index contributed by atoms with van der Waals surface area (Å²) in [6, 6.07) is 13.2. The van der Waals surface area contributed by atoms with Crippen molar-refractivity contribution in [3.05, 3.63) is 69.2 Å².